The molecule has 8 heteroatoms. The number of benzene rings is 1. The molecule has 2 saturated heterocycles. The summed E-state index contributed by atoms with van der Waals surface area (Å²) >= 11 is 1.21. The molecule has 0 saturated carbocycles. The van der Waals surface area contributed by atoms with Gasteiger partial charge in [-0.3, -0.25) is 9.52 Å². The molecule has 4 rings (SSSR count). The Morgan fingerprint density at radius 3 is 2.53 bits per heavy atom. The van der Waals surface area contributed by atoms with E-state index in [4.69, 9.17) is 0 Å². The van der Waals surface area contributed by atoms with Crippen molar-refractivity contribution in [1.29, 1.82) is 0 Å². The third kappa shape index (κ3) is 5.53. The number of hydrogen-bond donors (Lipinski definition) is 1. The molecule has 0 aliphatic carbocycles. The molecule has 2 aromatic rings. The molecule has 0 radical (unpaired) electrons. The van der Waals surface area contributed by atoms with Crippen LogP contribution in [0, 0.1) is 18.8 Å². The molecule has 1 N–H and O–H groups in total. The van der Waals surface area contributed by atoms with Crippen molar-refractivity contribution in [3.05, 3.63) is 46.2 Å². The Kier molecular flexibility index (Phi) is 7.22. The van der Waals surface area contributed by atoms with Crippen LogP contribution in [0.2, 0.25) is 0 Å². The Hall–Kier alpha value is -1.90. The van der Waals surface area contributed by atoms with Crippen LogP contribution in [0.5, 0.6) is 0 Å². The van der Waals surface area contributed by atoms with Crippen LogP contribution in [0.4, 0.5) is 5.69 Å². The van der Waals surface area contributed by atoms with E-state index in [9.17, 15) is 13.2 Å². The van der Waals surface area contributed by atoms with Gasteiger partial charge in [-0.25, -0.2) is 8.42 Å². The van der Waals surface area contributed by atoms with Gasteiger partial charge in [0.25, 0.3) is 15.9 Å². The number of likely N-dealkylation sites (tertiary alicyclic amines) is 2. The fourth-order valence-corrected chi connectivity index (χ4v) is 7.10. The Morgan fingerprint density at radius 2 is 1.81 bits per heavy atom. The molecule has 2 fully saturated rings. The van der Waals surface area contributed by atoms with Gasteiger partial charge in [0.2, 0.25) is 0 Å². The maximum atomic E-state index is 13.3. The normalized spacial score (nSPS) is 20.9. The maximum absolute atomic E-state index is 13.3. The van der Waals surface area contributed by atoms with E-state index in [0.29, 0.717) is 29.6 Å². The number of amides is 1. The second-order valence-corrected chi connectivity index (χ2v) is 11.9. The highest BCUT2D eigenvalue weighted by Gasteiger charge is 2.31. The number of nitrogens with one attached hydrogen (secondary N) is 1. The zero-order chi connectivity index (χ0) is 22.7. The van der Waals surface area contributed by atoms with E-state index in [1.807, 2.05) is 24.0 Å². The smallest absolute Gasteiger partial charge is 0.265 e. The SMILES string of the molecule is Cc1ccc(NS(=O)(=O)c2ccsc2C(=O)N2CCCC(CN3CCC(C)CC3)C2)cc1. The number of aryl methyl sites for hydroxylation is 1. The van der Waals surface area contributed by atoms with Crippen molar-refractivity contribution < 1.29 is 13.2 Å². The molecule has 2 aliphatic heterocycles. The van der Waals surface area contributed by atoms with Crippen molar-refractivity contribution in [3.8, 4) is 0 Å². The third-order valence-corrected chi connectivity index (χ3v) is 9.07. The molecular formula is C24H33N3O3S2. The second kappa shape index (κ2) is 9.93. The number of nitrogens with zero attached hydrogens (tertiary/aromatic N) is 2. The minimum Gasteiger partial charge on any atom is -0.338 e. The van der Waals surface area contributed by atoms with Crippen molar-refractivity contribution >= 4 is 33.0 Å². The molecule has 1 aromatic carbocycles. The largest absolute Gasteiger partial charge is 0.338 e. The van der Waals surface area contributed by atoms with Gasteiger partial charge in [-0.05, 0) is 81.1 Å². The van der Waals surface area contributed by atoms with E-state index in [2.05, 4.69) is 16.5 Å². The number of rotatable bonds is 6. The number of carbonyl (C=O) groups excluding carboxylic acids is 1. The van der Waals surface area contributed by atoms with Gasteiger partial charge >= 0.3 is 0 Å². The Balaban J connectivity index is 1.43. The van der Waals surface area contributed by atoms with Gasteiger partial charge in [0.05, 0.1) is 0 Å². The first-order chi connectivity index (χ1) is 15.3. The first-order valence-corrected chi connectivity index (χ1v) is 13.9. The van der Waals surface area contributed by atoms with Gasteiger partial charge in [-0.1, -0.05) is 24.6 Å². The summed E-state index contributed by atoms with van der Waals surface area (Å²) in [4.78, 5) is 18.1. The monoisotopic (exact) mass is 475 g/mol. The van der Waals surface area contributed by atoms with Crippen molar-refractivity contribution in [2.45, 2.75) is 44.4 Å². The zero-order valence-electron chi connectivity index (χ0n) is 18.9. The third-order valence-electron chi connectivity index (χ3n) is 6.62. The summed E-state index contributed by atoms with van der Waals surface area (Å²) in [5.41, 5.74) is 1.55. The van der Waals surface area contributed by atoms with Gasteiger partial charge in [-0.2, -0.15) is 0 Å². The fraction of sp³-hybridized carbons (Fsp3) is 0.542. The maximum Gasteiger partial charge on any atom is 0.265 e. The van der Waals surface area contributed by atoms with E-state index >= 15 is 0 Å². The summed E-state index contributed by atoms with van der Waals surface area (Å²) < 4.78 is 28.7. The molecule has 1 aromatic heterocycles. The van der Waals surface area contributed by atoms with Crippen molar-refractivity contribution in [3.63, 3.8) is 0 Å². The molecule has 32 heavy (non-hydrogen) atoms. The number of piperidine rings is 2. The molecule has 6 nitrogen and oxygen atoms in total. The van der Waals surface area contributed by atoms with Gasteiger partial charge in [0, 0.05) is 25.3 Å². The minimum absolute atomic E-state index is 0.0696. The molecule has 3 heterocycles. The molecule has 1 unspecified atom stereocenters. The van der Waals surface area contributed by atoms with Crippen molar-refractivity contribution in [2.24, 2.45) is 11.8 Å². The van der Waals surface area contributed by atoms with Gasteiger partial charge < -0.3 is 9.80 Å². The Morgan fingerprint density at radius 1 is 1.09 bits per heavy atom. The molecule has 0 bridgehead atoms. The highest BCUT2D eigenvalue weighted by Crippen LogP contribution is 2.28. The average molecular weight is 476 g/mol. The zero-order valence-corrected chi connectivity index (χ0v) is 20.6. The predicted molar refractivity (Wildman–Crippen MR) is 130 cm³/mol. The number of sulfonamides is 1. The summed E-state index contributed by atoms with van der Waals surface area (Å²) in [5.74, 6) is 1.09. The molecule has 174 valence electrons. The molecule has 1 amide bonds. The summed E-state index contributed by atoms with van der Waals surface area (Å²) in [7, 11) is -3.83. The summed E-state index contributed by atoms with van der Waals surface area (Å²) in [5, 5.41) is 1.69. The average Bonchev–Trinajstić information content (AvgIpc) is 3.28. The van der Waals surface area contributed by atoms with Crippen LogP contribution in [-0.4, -0.2) is 56.8 Å². The number of thiophene rings is 1. The molecule has 2 aliphatic rings. The van der Waals surface area contributed by atoms with E-state index in [0.717, 1.165) is 44.0 Å². The van der Waals surface area contributed by atoms with Crippen LogP contribution < -0.4 is 4.72 Å². The highest BCUT2D eigenvalue weighted by atomic mass is 32.2. The summed E-state index contributed by atoms with van der Waals surface area (Å²) in [6, 6.07) is 8.71. The van der Waals surface area contributed by atoms with Gasteiger partial charge in [-0.15, -0.1) is 11.3 Å². The lowest BCUT2D eigenvalue weighted by Gasteiger charge is -2.37. The minimum atomic E-state index is -3.83. The van der Waals surface area contributed by atoms with Crippen molar-refractivity contribution in [2.75, 3.05) is 37.4 Å². The number of anilines is 1. The van der Waals surface area contributed by atoms with E-state index < -0.39 is 10.0 Å². The van der Waals surface area contributed by atoms with E-state index in [-0.39, 0.29) is 10.8 Å². The molecular weight excluding hydrogens is 442 g/mol. The van der Waals surface area contributed by atoms with Crippen LogP contribution >= 0.6 is 11.3 Å². The number of hydrogen-bond acceptors (Lipinski definition) is 5. The van der Waals surface area contributed by atoms with Gasteiger partial charge in [0.1, 0.15) is 9.77 Å². The van der Waals surface area contributed by atoms with E-state index in [1.165, 1.54) is 30.2 Å². The first kappa shape index (κ1) is 23.3. The first-order valence-electron chi connectivity index (χ1n) is 11.5. The summed E-state index contributed by atoms with van der Waals surface area (Å²) in [6.07, 6.45) is 4.59. The van der Waals surface area contributed by atoms with Crippen molar-refractivity contribution in [1.82, 2.24) is 9.80 Å². The lowest BCUT2D eigenvalue weighted by Crippen LogP contribution is -2.45. The Labute approximate surface area is 195 Å². The van der Waals surface area contributed by atoms with Crippen LogP contribution in [0.3, 0.4) is 0 Å². The highest BCUT2D eigenvalue weighted by molar-refractivity contribution is 7.93. The quantitative estimate of drug-likeness (QED) is 0.671. The van der Waals surface area contributed by atoms with Crippen LogP contribution in [0.15, 0.2) is 40.6 Å². The molecule has 0 spiro atoms. The second-order valence-electron chi connectivity index (χ2n) is 9.33. The van der Waals surface area contributed by atoms with Gasteiger partial charge in [0.15, 0.2) is 0 Å². The fourth-order valence-electron chi connectivity index (χ4n) is 4.65. The topological polar surface area (TPSA) is 69.7 Å². The Bertz CT molecular complexity index is 1030. The summed E-state index contributed by atoms with van der Waals surface area (Å²) in [6.45, 7) is 8.97. The lowest BCUT2D eigenvalue weighted by atomic mass is 9.94. The van der Waals surface area contributed by atoms with E-state index in [1.54, 1.807) is 17.5 Å². The van der Waals surface area contributed by atoms with Crippen LogP contribution in [0.1, 0.15) is 47.8 Å². The van der Waals surface area contributed by atoms with Crippen LogP contribution in [0.25, 0.3) is 0 Å². The van der Waals surface area contributed by atoms with Crippen LogP contribution in [-0.2, 0) is 10.0 Å². The predicted octanol–water partition coefficient (Wildman–Crippen LogP) is 4.44. The lowest BCUT2D eigenvalue weighted by molar-refractivity contribution is 0.0623. The number of carbonyl (C=O) groups is 1. The molecule has 1 atom stereocenters. The standard InChI is InChI=1S/C24H33N3O3S2/c1-18-5-7-21(8-6-18)25-32(29,30)22-11-15-31-23(22)24(28)27-12-3-4-20(17-27)16-26-13-9-19(2)10-14-26/h5-8,11,15,19-20,25H,3-4,9-10,12-14,16-17H2,1-2H3.